The Morgan fingerprint density at radius 3 is 2.00 bits per heavy atom. The lowest BCUT2D eigenvalue weighted by atomic mass is 9.73. The van der Waals surface area contributed by atoms with Crippen molar-refractivity contribution in [3.63, 3.8) is 0 Å². The first kappa shape index (κ1) is 12.9. The summed E-state index contributed by atoms with van der Waals surface area (Å²) in [5.74, 6) is -0.978. The van der Waals surface area contributed by atoms with Crippen molar-refractivity contribution in [3.05, 3.63) is 29.8 Å². The molecule has 1 spiro atoms. The Bertz CT molecular complexity index is 425. The zero-order valence-electron chi connectivity index (χ0n) is 11.1. The van der Waals surface area contributed by atoms with Gasteiger partial charge in [-0.3, -0.25) is 0 Å². The number of nitrogens with one attached hydrogen (secondary N) is 1. The van der Waals surface area contributed by atoms with E-state index in [1.54, 1.807) is 0 Å². The van der Waals surface area contributed by atoms with Gasteiger partial charge in [-0.2, -0.15) is 0 Å². The number of anilines is 1. The number of halogens is 2. The molecule has 3 rings (SSSR count). The highest BCUT2D eigenvalue weighted by atomic mass is 19.1. The van der Waals surface area contributed by atoms with Crippen LogP contribution >= 0.6 is 0 Å². The fourth-order valence-electron chi connectivity index (χ4n) is 3.34. The Kier molecular flexibility index (Phi) is 3.44. The molecule has 2 aliphatic rings. The molecule has 2 nitrogen and oxygen atoms in total. The first-order chi connectivity index (χ1) is 9.17. The number of hydrogen-bond acceptors (Lipinski definition) is 2. The van der Waals surface area contributed by atoms with Gasteiger partial charge in [-0.05, 0) is 43.2 Å². The topological polar surface area (TPSA) is 15.3 Å². The second kappa shape index (κ2) is 5.08. The van der Waals surface area contributed by atoms with Crippen LogP contribution < -0.4 is 10.2 Å². The van der Waals surface area contributed by atoms with Crippen molar-refractivity contribution in [1.82, 2.24) is 5.32 Å². The third kappa shape index (κ3) is 2.73. The zero-order valence-corrected chi connectivity index (χ0v) is 11.1. The predicted molar refractivity (Wildman–Crippen MR) is 72.3 cm³/mol. The van der Waals surface area contributed by atoms with Gasteiger partial charge in [0.25, 0.3) is 0 Å². The van der Waals surface area contributed by atoms with E-state index in [1.807, 2.05) is 0 Å². The average Bonchev–Trinajstić information content (AvgIpc) is 2.25. The van der Waals surface area contributed by atoms with E-state index in [4.69, 9.17) is 0 Å². The van der Waals surface area contributed by atoms with Gasteiger partial charge in [0, 0.05) is 37.9 Å². The van der Waals surface area contributed by atoms with E-state index in [9.17, 15) is 8.78 Å². The molecule has 0 unspecified atom stereocenters. The van der Waals surface area contributed by atoms with E-state index in [2.05, 4.69) is 10.2 Å². The maximum Gasteiger partial charge on any atom is 0.128 e. The monoisotopic (exact) mass is 266 g/mol. The molecule has 1 N–H and O–H groups in total. The van der Waals surface area contributed by atoms with Crippen LogP contribution in [0, 0.1) is 17.0 Å². The molecule has 0 aromatic heterocycles. The molecule has 19 heavy (non-hydrogen) atoms. The van der Waals surface area contributed by atoms with E-state index in [0.29, 0.717) is 11.1 Å². The van der Waals surface area contributed by atoms with Gasteiger partial charge in [0.15, 0.2) is 0 Å². The molecule has 2 aliphatic heterocycles. The summed E-state index contributed by atoms with van der Waals surface area (Å²) < 4.78 is 26.6. The second-order valence-corrected chi connectivity index (χ2v) is 5.93. The molecular formula is C15H20F2N2. The molecule has 4 heteroatoms. The molecule has 0 amide bonds. The third-order valence-electron chi connectivity index (χ3n) is 4.48. The highest BCUT2D eigenvalue weighted by molar-refractivity contribution is 5.47. The van der Waals surface area contributed by atoms with Crippen molar-refractivity contribution < 1.29 is 8.78 Å². The Balaban J connectivity index is 1.68. The van der Waals surface area contributed by atoms with E-state index in [-0.39, 0.29) is 0 Å². The molecular weight excluding hydrogens is 246 g/mol. The Morgan fingerprint density at radius 1 is 0.947 bits per heavy atom. The zero-order chi connectivity index (χ0) is 13.3. The second-order valence-electron chi connectivity index (χ2n) is 5.93. The standard InChI is InChI=1S/C15H20F2N2/c16-12-7-13(17)9-14(8-12)19-5-1-3-15(4-2-6-19)10-18-11-15/h7-9,18H,1-6,10-11H2. The predicted octanol–water partition coefficient (Wildman–Crippen LogP) is 2.93. The minimum atomic E-state index is -0.489. The van der Waals surface area contributed by atoms with Gasteiger partial charge >= 0.3 is 0 Å². The van der Waals surface area contributed by atoms with Crippen LogP contribution in [0.2, 0.25) is 0 Å². The number of rotatable bonds is 1. The van der Waals surface area contributed by atoms with Crippen LogP contribution in [0.15, 0.2) is 18.2 Å². The van der Waals surface area contributed by atoms with Gasteiger partial charge in [0.05, 0.1) is 0 Å². The Labute approximate surface area is 112 Å². The van der Waals surface area contributed by atoms with Crippen LogP contribution in [0.25, 0.3) is 0 Å². The van der Waals surface area contributed by atoms with Crippen LogP contribution in [-0.2, 0) is 0 Å². The lowest BCUT2D eigenvalue weighted by Crippen LogP contribution is -2.54. The molecule has 2 fully saturated rings. The molecule has 1 aromatic rings. The highest BCUT2D eigenvalue weighted by Gasteiger charge is 2.36. The number of nitrogens with zero attached hydrogens (tertiary/aromatic N) is 1. The summed E-state index contributed by atoms with van der Waals surface area (Å²) in [6.45, 7) is 4.07. The van der Waals surface area contributed by atoms with Crippen LogP contribution in [-0.4, -0.2) is 26.2 Å². The van der Waals surface area contributed by atoms with Crippen molar-refractivity contribution in [3.8, 4) is 0 Å². The highest BCUT2D eigenvalue weighted by Crippen LogP contribution is 2.36. The van der Waals surface area contributed by atoms with E-state index < -0.39 is 11.6 Å². The van der Waals surface area contributed by atoms with Gasteiger partial charge in [0.2, 0.25) is 0 Å². The Morgan fingerprint density at radius 2 is 1.53 bits per heavy atom. The first-order valence-electron chi connectivity index (χ1n) is 7.09. The molecule has 2 saturated heterocycles. The van der Waals surface area contributed by atoms with Gasteiger partial charge < -0.3 is 10.2 Å². The Hall–Kier alpha value is -1.16. The smallest absolute Gasteiger partial charge is 0.128 e. The van der Waals surface area contributed by atoms with E-state index in [1.165, 1.54) is 25.0 Å². The number of benzene rings is 1. The molecule has 104 valence electrons. The normalized spacial score (nSPS) is 22.7. The quantitative estimate of drug-likeness (QED) is 0.840. The van der Waals surface area contributed by atoms with Crippen LogP contribution in [0.1, 0.15) is 25.7 Å². The maximum absolute atomic E-state index is 13.3. The summed E-state index contributed by atoms with van der Waals surface area (Å²) in [5.41, 5.74) is 1.19. The fraction of sp³-hybridized carbons (Fsp3) is 0.600. The third-order valence-corrected chi connectivity index (χ3v) is 4.48. The van der Waals surface area contributed by atoms with Gasteiger partial charge in [-0.15, -0.1) is 0 Å². The van der Waals surface area contributed by atoms with Gasteiger partial charge in [0.1, 0.15) is 11.6 Å². The van der Waals surface area contributed by atoms with Crippen molar-refractivity contribution in [2.45, 2.75) is 25.7 Å². The maximum atomic E-state index is 13.3. The van der Waals surface area contributed by atoms with Crippen LogP contribution in [0.4, 0.5) is 14.5 Å². The van der Waals surface area contributed by atoms with Gasteiger partial charge in [-0.25, -0.2) is 8.78 Å². The average molecular weight is 266 g/mol. The SMILES string of the molecule is Fc1cc(F)cc(N2CCCC3(CCC2)CNC3)c1. The number of hydrogen-bond donors (Lipinski definition) is 1. The van der Waals surface area contributed by atoms with Gasteiger partial charge in [-0.1, -0.05) is 0 Å². The van der Waals surface area contributed by atoms with E-state index >= 15 is 0 Å². The van der Waals surface area contributed by atoms with Crippen LogP contribution in [0.3, 0.4) is 0 Å². The fourth-order valence-corrected chi connectivity index (χ4v) is 3.34. The van der Waals surface area contributed by atoms with Crippen LogP contribution in [0.5, 0.6) is 0 Å². The minimum absolute atomic E-state index is 0.489. The summed E-state index contributed by atoms with van der Waals surface area (Å²) in [6.07, 6.45) is 4.63. The molecule has 0 aliphatic carbocycles. The largest absolute Gasteiger partial charge is 0.371 e. The summed E-state index contributed by atoms with van der Waals surface area (Å²) in [7, 11) is 0. The minimum Gasteiger partial charge on any atom is -0.371 e. The molecule has 2 heterocycles. The van der Waals surface area contributed by atoms with Crippen molar-refractivity contribution in [2.24, 2.45) is 5.41 Å². The lowest BCUT2D eigenvalue weighted by molar-refractivity contribution is 0.128. The summed E-state index contributed by atoms with van der Waals surface area (Å²) in [4.78, 5) is 2.12. The molecule has 0 bridgehead atoms. The summed E-state index contributed by atoms with van der Waals surface area (Å²) >= 11 is 0. The molecule has 1 aromatic carbocycles. The summed E-state index contributed by atoms with van der Waals surface area (Å²) in [5, 5.41) is 3.36. The molecule has 0 saturated carbocycles. The van der Waals surface area contributed by atoms with Crippen molar-refractivity contribution in [1.29, 1.82) is 0 Å². The van der Waals surface area contributed by atoms with Crippen molar-refractivity contribution in [2.75, 3.05) is 31.1 Å². The van der Waals surface area contributed by atoms with Crippen molar-refractivity contribution >= 4 is 5.69 Å². The van der Waals surface area contributed by atoms with E-state index in [0.717, 1.165) is 45.1 Å². The molecule has 0 atom stereocenters. The summed E-state index contributed by atoms with van der Waals surface area (Å²) in [6, 6.07) is 3.80. The first-order valence-corrected chi connectivity index (χ1v) is 7.09. The molecule has 0 radical (unpaired) electrons. The lowest BCUT2D eigenvalue weighted by Gasteiger charge is -2.45.